The Labute approximate surface area is 97.6 Å². The Morgan fingerprint density at radius 1 is 1.44 bits per heavy atom. The number of nitrogens with two attached hydrogens (primary N) is 1. The van der Waals surface area contributed by atoms with Gasteiger partial charge in [0, 0.05) is 28.6 Å². The van der Waals surface area contributed by atoms with Crippen molar-refractivity contribution in [3.8, 4) is 16.3 Å². The maximum absolute atomic E-state index is 9.40. The summed E-state index contributed by atoms with van der Waals surface area (Å²) in [5.74, 6) is 0.779. The van der Waals surface area contributed by atoms with Gasteiger partial charge in [0.2, 0.25) is 0 Å². The predicted molar refractivity (Wildman–Crippen MR) is 64.5 cm³/mol. The van der Waals surface area contributed by atoms with Crippen LogP contribution >= 0.6 is 11.3 Å². The summed E-state index contributed by atoms with van der Waals surface area (Å²) >= 11 is 1.67. The van der Waals surface area contributed by atoms with Crippen LogP contribution in [0.25, 0.3) is 10.6 Å². The van der Waals surface area contributed by atoms with Crippen molar-refractivity contribution < 1.29 is 5.11 Å². The number of rotatable bonds is 2. The Morgan fingerprint density at radius 2 is 2.25 bits per heavy atom. The van der Waals surface area contributed by atoms with Gasteiger partial charge in [0.1, 0.15) is 10.8 Å². The van der Waals surface area contributed by atoms with E-state index in [4.69, 9.17) is 5.73 Å². The SMILES string of the molecule is N[C@@H]1C[C@@H]1c1cnc(-c2cccc(O)c2)s1. The van der Waals surface area contributed by atoms with Crippen LogP contribution in [0, 0.1) is 0 Å². The van der Waals surface area contributed by atoms with E-state index in [-0.39, 0.29) is 5.75 Å². The smallest absolute Gasteiger partial charge is 0.123 e. The van der Waals surface area contributed by atoms with E-state index in [9.17, 15) is 5.11 Å². The highest BCUT2D eigenvalue weighted by Crippen LogP contribution is 2.43. The van der Waals surface area contributed by atoms with E-state index in [1.165, 1.54) is 4.88 Å². The highest BCUT2D eigenvalue weighted by Gasteiger charge is 2.36. The van der Waals surface area contributed by atoms with E-state index in [0.29, 0.717) is 12.0 Å². The van der Waals surface area contributed by atoms with Crippen molar-refractivity contribution in [3.05, 3.63) is 35.3 Å². The second-order valence-corrected chi connectivity index (χ2v) is 5.19. The van der Waals surface area contributed by atoms with Crippen LogP contribution in [-0.2, 0) is 0 Å². The van der Waals surface area contributed by atoms with Gasteiger partial charge in [0.15, 0.2) is 0 Å². The quantitative estimate of drug-likeness (QED) is 0.835. The van der Waals surface area contributed by atoms with E-state index < -0.39 is 0 Å². The zero-order valence-electron chi connectivity index (χ0n) is 8.63. The molecule has 3 nitrogen and oxygen atoms in total. The highest BCUT2D eigenvalue weighted by molar-refractivity contribution is 7.15. The summed E-state index contributed by atoms with van der Waals surface area (Å²) in [7, 11) is 0. The number of phenolic OH excluding ortho intramolecular Hbond substituents is 1. The molecule has 0 spiro atoms. The normalized spacial score (nSPS) is 23.3. The van der Waals surface area contributed by atoms with Crippen LogP contribution in [0.2, 0.25) is 0 Å². The lowest BCUT2D eigenvalue weighted by Gasteiger charge is -1.96. The Kier molecular flexibility index (Phi) is 2.19. The van der Waals surface area contributed by atoms with Crippen molar-refractivity contribution in [2.24, 2.45) is 5.73 Å². The van der Waals surface area contributed by atoms with Crippen LogP contribution in [0.3, 0.4) is 0 Å². The second-order valence-electron chi connectivity index (χ2n) is 4.12. The van der Waals surface area contributed by atoms with E-state index in [1.54, 1.807) is 23.5 Å². The molecule has 16 heavy (non-hydrogen) atoms. The molecule has 1 fully saturated rings. The van der Waals surface area contributed by atoms with Crippen molar-refractivity contribution in [1.82, 2.24) is 4.98 Å². The molecule has 3 N–H and O–H groups in total. The number of nitrogens with zero attached hydrogens (tertiary/aromatic N) is 1. The molecular weight excluding hydrogens is 220 g/mol. The second kappa shape index (κ2) is 3.57. The molecule has 1 heterocycles. The molecule has 0 unspecified atom stereocenters. The minimum absolute atomic E-state index is 0.275. The molecule has 0 radical (unpaired) electrons. The molecule has 2 aromatic rings. The highest BCUT2D eigenvalue weighted by atomic mass is 32.1. The molecule has 0 aliphatic heterocycles. The molecule has 1 aliphatic carbocycles. The Morgan fingerprint density at radius 3 is 2.94 bits per heavy atom. The van der Waals surface area contributed by atoms with Crippen molar-refractivity contribution in [2.45, 2.75) is 18.4 Å². The van der Waals surface area contributed by atoms with Crippen LogP contribution in [0.5, 0.6) is 5.75 Å². The van der Waals surface area contributed by atoms with Gasteiger partial charge in [-0.2, -0.15) is 0 Å². The summed E-state index contributed by atoms with van der Waals surface area (Å²) in [6.07, 6.45) is 2.98. The van der Waals surface area contributed by atoms with Gasteiger partial charge in [0.25, 0.3) is 0 Å². The van der Waals surface area contributed by atoms with Crippen molar-refractivity contribution in [3.63, 3.8) is 0 Å². The first kappa shape index (κ1) is 9.81. The fraction of sp³-hybridized carbons (Fsp3) is 0.250. The molecule has 1 aromatic carbocycles. The third-order valence-corrected chi connectivity index (χ3v) is 4.00. The molecule has 3 rings (SSSR count). The van der Waals surface area contributed by atoms with Gasteiger partial charge in [-0.1, -0.05) is 12.1 Å². The lowest BCUT2D eigenvalue weighted by atomic mass is 10.2. The maximum Gasteiger partial charge on any atom is 0.123 e. The largest absolute Gasteiger partial charge is 0.508 e. The van der Waals surface area contributed by atoms with Crippen molar-refractivity contribution >= 4 is 11.3 Å². The van der Waals surface area contributed by atoms with Crippen LogP contribution < -0.4 is 5.73 Å². The number of hydrogen-bond donors (Lipinski definition) is 2. The van der Waals surface area contributed by atoms with Gasteiger partial charge < -0.3 is 10.8 Å². The average Bonchev–Trinajstić information content (AvgIpc) is 2.81. The van der Waals surface area contributed by atoms with Gasteiger partial charge in [-0.05, 0) is 18.6 Å². The average molecular weight is 232 g/mol. The van der Waals surface area contributed by atoms with E-state index in [0.717, 1.165) is 17.0 Å². The number of thiazole rings is 1. The summed E-state index contributed by atoms with van der Waals surface area (Å²) < 4.78 is 0. The van der Waals surface area contributed by atoms with Gasteiger partial charge in [-0.15, -0.1) is 11.3 Å². The summed E-state index contributed by atoms with van der Waals surface area (Å²) in [4.78, 5) is 5.63. The summed E-state index contributed by atoms with van der Waals surface area (Å²) in [5.41, 5.74) is 6.77. The van der Waals surface area contributed by atoms with E-state index in [1.807, 2.05) is 18.3 Å². The fourth-order valence-corrected chi connectivity index (χ4v) is 2.87. The van der Waals surface area contributed by atoms with Crippen LogP contribution in [0.4, 0.5) is 0 Å². The molecular formula is C12H12N2OS. The van der Waals surface area contributed by atoms with Gasteiger partial charge in [0.05, 0.1) is 0 Å². The van der Waals surface area contributed by atoms with Crippen molar-refractivity contribution in [2.75, 3.05) is 0 Å². The first-order valence-corrected chi connectivity index (χ1v) is 6.06. The third-order valence-electron chi connectivity index (χ3n) is 2.82. The fourth-order valence-electron chi connectivity index (χ4n) is 1.77. The number of benzene rings is 1. The van der Waals surface area contributed by atoms with Gasteiger partial charge in [-0.25, -0.2) is 4.98 Å². The van der Waals surface area contributed by atoms with E-state index in [2.05, 4.69) is 4.98 Å². The molecule has 4 heteroatoms. The van der Waals surface area contributed by atoms with Crippen LogP contribution in [-0.4, -0.2) is 16.1 Å². The lowest BCUT2D eigenvalue weighted by Crippen LogP contribution is -1.99. The minimum Gasteiger partial charge on any atom is -0.508 e. The lowest BCUT2D eigenvalue weighted by molar-refractivity contribution is 0.475. The topological polar surface area (TPSA) is 59.1 Å². The van der Waals surface area contributed by atoms with Gasteiger partial charge in [-0.3, -0.25) is 0 Å². The molecule has 0 saturated heterocycles. The molecule has 0 bridgehead atoms. The van der Waals surface area contributed by atoms with E-state index >= 15 is 0 Å². The van der Waals surface area contributed by atoms with Crippen LogP contribution in [0.15, 0.2) is 30.5 Å². The van der Waals surface area contributed by atoms with Gasteiger partial charge >= 0.3 is 0 Å². The Balaban J connectivity index is 1.92. The zero-order chi connectivity index (χ0) is 11.1. The third kappa shape index (κ3) is 1.70. The summed E-state index contributed by atoms with van der Waals surface area (Å²) in [6.45, 7) is 0. The first-order valence-electron chi connectivity index (χ1n) is 5.25. The molecule has 82 valence electrons. The molecule has 2 atom stereocenters. The Bertz CT molecular complexity index is 523. The summed E-state index contributed by atoms with van der Waals surface area (Å²) in [6, 6.07) is 7.49. The molecule has 0 amide bonds. The summed E-state index contributed by atoms with van der Waals surface area (Å²) in [5, 5.41) is 10.4. The zero-order valence-corrected chi connectivity index (χ0v) is 9.45. The van der Waals surface area contributed by atoms with Crippen molar-refractivity contribution in [1.29, 1.82) is 0 Å². The number of hydrogen-bond acceptors (Lipinski definition) is 4. The number of aromatic hydroxyl groups is 1. The molecule has 1 aromatic heterocycles. The predicted octanol–water partition coefficient (Wildman–Crippen LogP) is 2.33. The minimum atomic E-state index is 0.275. The Hall–Kier alpha value is -1.39. The van der Waals surface area contributed by atoms with Crippen LogP contribution in [0.1, 0.15) is 17.2 Å². The molecule has 1 saturated carbocycles. The first-order chi connectivity index (χ1) is 7.74. The number of aromatic nitrogens is 1. The monoisotopic (exact) mass is 232 g/mol. The molecule has 1 aliphatic rings. The maximum atomic E-state index is 9.40. The standard InChI is InChI=1S/C12H12N2OS/c13-10-5-9(10)11-6-14-12(16-11)7-2-1-3-8(15)4-7/h1-4,6,9-10,15H,5,13H2/t9-,10+/m0/s1. The number of phenols is 1.